The van der Waals surface area contributed by atoms with Gasteiger partial charge in [-0.15, -0.1) is 0 Å². The van der Waals surface area contributed by atoms with E-state index >= 15 is 0 Å². The average molecular weight is 636 g/mol. The van der Waals surface area contributed by atoms with Crippen molar-refractivity contribution in [2.75, 3.05) is 0 Å². The summed E-state index contributed by atoms with van der Waals surface area (Å²) in [5.41, 5.74) is 8.62. The third-order valence-corrected chi connectivity index (χ3v) is 10.5. The summed E-state index contributed by atoms with van der Waals surface area (Å²) in [6, 6.07) is 29.9. The highest BCUT2D eigenvalue weighted by atomic mass is 16.7. The number of pyridine rings is 2. The summed E-state index contributed by atoms with van der Waals surface area (Å²) in [5.74, 6) is 0. The van der Waals surface area contributed by atoms with Crippen LogP contribution in [0, 0.1) is 0 Å². The Morgan fingerprint density at radius 2 is 0.708 bits per heavy atom. The molecule has 7 rings (SSSR count). The molecule has 0 atom stereocenters. The van der Waals surface area contributed by atoms with E-state index in [2.05, 4.69) is 138 Å². The van der Waals surface area contributed by atoms with Crippen molar-refractivity contribution in [2.45, 2.75) is 77.8 Å². The molecule has 5 aromatic rings. The van der Waals surface area contributed by atoms with E-state index in [-0.39, 0.29) is 0 Å². The molecule has 6 nitrogen and oxygen atoms in total. The molecule has 2 aliphatic heterocycles. The van der Waals surface area contributed by atoms with Crippen molar-refractivity contribution in [2.24, 2.45) is 0 Å². The van der Waals surface area contributed by atoms with Crippen LogP contribution >= 0.6 is 0 Å². The van der Waals surface area contributed by atoms with Crippen molar-refractivity contribution in [1.29, 1.82) is 0 Å². The number of hydrogen-bond acceptors (Lipinski definition) is 6. The van der Waals surface area contributed by atoms with Gasteiger partial charge < -0.3 is 18.6 Å². The third-order valence-electron chi connectivity index (χ3n) is 10.5. The van der Waals surface area contributed by atoms with Gasteiger partial charge in [0.05, 0.1) is 22.4 Å². The first-order chi connectivity index (χ1) is 22.7. The van der Waals surface area contributed by atoms with Gasteiger partial charge >= 0.3 is 14.2 Å². The molecule has 2 aliphatic rings. The minimum absolute atomic E-state index is 0.448. The molecule has 0 spiro atoms. The summed E-state index contributed by atoms with van der Waals surface area (Å²) in [7, 11) is -0.987. The Balaban J connectivity index is 1.33. The van der Waals surface area contributed by atoms with Crippen molar-refractivity contribution in [3.8, 4) is 44.5 Å². The molecular formula is C40H42B2N2O4. The van der Waals surface area contributed by atoms with Crippen LogP contribution in [0.15, 0.2) is 110 Å². The van der Waals surface area contributed by atoms with Gasteiger partial charge in [0.25, 0.3) is 0 Å². The molecule has 0 amide bonds. The normalized spacial score (nSPS) is 19.1. The van der Waals surface area contributed by atoms with Gasteiger partial charge in [-0.05, 0) is 141 Å². The fourth-order valence-electron chi connectivity index (χ4n) is 6.15. The molecule has 242 valence electrons. The minimum atomic E-state index is -0.493. The molecule has 8 heteroatoms. The maximum atomic E-state index is 6.50. The quantitative estimate of drug-likeness (QED) is 0.178. The molecule has 2 saturated heterocycles. The van der Waals surface area contributed by atoms with Crippen LogP contribution in [0.3, 0.4) is 0 Å². The van der Waals surface area contributed by atoms with Crippen LogP contribution in [-0.2, 0) is 18.6 Å². The lowest BCUT2D eigenvalue weighted by molar-refractivity contribution is 0.00578. The van der Waals surface area contributed by atoms with Gasteiger partial charge in [0, 0.05) is 24.8 Å². The second-order valence-corrected chi connectivity index (χ2v) is 14.9. The Kier molecular flexibility index (Phi) is 7.99. The second kappa shape index (κ2) is 11.8. The first-order valence-corrected chi connectivity index (χ1v) is 16.6. The zero-order chi connectivity index (χ0) is 33.9. The van der Waals surface area contributed by atoms with Crippen LogP contribution in [0.25, 0.3) is 44.5 Å². The van der Waals surface area contributed by atoms with Crippen molar-refractivity contribution in [3.05, 3.63) is 110 Å². The number of aromatic nitrogens is 2. The summed E-state index contributed by atoms with van der Waals surface area (Å²) in [6.07, 6.45) is 7.38. The zero-order valence-corrected chi connectivity index (χ0v) is 29.1. The molecule has 0 N–H and O–H groups in total. The lowest BCUT2D eigenvalue weighted by atomic mass is 9.76. The fourth-order valence-corrected chi connectivity index (χ4v) is 6.15. The Hall–Kier alpha value is -4.07. The molecule has 3 aromatic carbocycles. The van der Waals surface area contributed by atoms with Gasteiger partial charge in [0.2, 0.25) is 0 Å². The average Bonchev–Trinajstić information content (AvgIpc) is 3.44. The fraction of sp³-hybridized carbons (Fsp3) is 0.300. The van der Waals surface area contributed by atoms with E-state index in [1.165, 1.54) is 0 Å². The highest BCUT2D eigenvalue weighted by Crippen LogP contribution is 2.39. The first kappa shape index (κ1) is 32.5. The zero-order valence-electron chi connectivity index (χ0n) is 29.1. The Labute approximate surface area is 285 Å². The van der Waals surface area contributed by atoms with E-state index in [0.29, 0.717) is 0 Å². The molecule has 48 heavy (non-hydrogen) atoms. The molecule has 4 heterocycles. The lowest BCUT2D eigenvalue weighted by Crippen LogP contribution is -2.41. The molecular weight excluding hydrogens is 594 g/mol. The van der Waals surface area contributed by atoms with Gasteiger partial charge in [-0.25, -0.2) is 0 Å². The van der Waals surface area contributed by atoms with E-state index in [9.17, 15) is 0 Å². The molecule has 0 saturated carbocycles. The molecule has 0 unspecified atom stereocenters. The van der Waals surface area contributed by atoms with Gasteiger partial charge in [-0.2, -0.15) is 0 Å². The monoisotopic (exact) mass is 636 g/mol. The second-order valence-electron chi connectivity index (χ2n) is 14.9. The highest BCUT2D eigenvalue weighted by molar-refractivity contribution is 6.62. The van der Waals surface area contributed by atoms with E-state index in [1.54, 1.807) is 12.4 Å². The van der Waals surface area contributed by atoms with Crippen LogP contribution in [0.1, 0.15) is 55.4 Å². The molecule has 0 aliphatic carbocycles. The van der Waals surface area contributed by atoms with Crippen LogP contribution in [0.4, 0.5) is 0 Å². The number of rotatable bonds is 6. The number of hydrogen-bond donors (Lipinski definition) is 0. The summed E-state index contributed by atoms with van der Waals surface area (Å²) < 4.78 is 26.0. The third kappa shape index (κ3) is 6.03. The van der Waals surface area contributed by atoms with Gasteiger partial charge in [0.15, 0.2) is 0 Å². The van der Waals surface area contributed by atoms with Crippen LogP contribution in [0.5, 0.6) is 0 Å². The maximum absolute atomic E-state index is 6.50. The Bertz CT molecular complexity index is 1790. The summed E-state index contributed by atoms with van der Waals surface area (Å²) >= 11 is 0. The van der Waals surface area contributed by atoms with Crippen molar-refractivity contribution in [1.82, 2.24) is 9.97 Å². The molecule has 0 bridgehead atoms. The minimum Gasteiger partial charge on any atom is -0.399 e. The van der Waals surface area contributed by atoms with Crippen LogP contribution in [0.2, 0.25) is 0 Å². The summed E-state index contributed by atoms with van der Waals surface area (Å²) in [4.78, 5) is 8.79. The largest absolute Gasteiger partial charge is 0.494 e. The Morgan fingerprint density at radius 1 is 0.396 bits per heavy atom. The van der Waals surface area contributed by atoms with Gasteiger partial charge in [0.1, 0.15) is 0 Å². The van der Waals surface area contributed by atoms with Crippen LogP contribution < -0.4 is 10.9 Å². The molecule has 0 radical (unpaired) electrons. The number of nitrogens with zero attached hydrogens (tertiary/aromatic N) is 2. The van der Waals surface area contributed by atoms with Gasteiger partial charge in [-0.1, -0.05) is 54.6 Å². The first-order valence-electron chi connectivity index (χ1n) is 16.6. The smallest absolute Gasteiger partial charge is 0.399 e. The maximum Gasteiger partial charge on any atom is 0.494 e. The lowest BCUT2D eigenvalue weighted by Gasteiger charge is -2.32. The predicted octanol–water partition coefficient (Wildman–Crippen LogP) is 7.74. The van der Waals surface area contributed by atoms with E-state index in [1.807, 2.05) is 24.5 Å². The Morgan fingerprint density at radius 3 is 1.04 bits per heavy atom. The van der Waals surface area contributed by atoms with Crippen LogP contribution in [-0.4, -0.2) is 46.6 Å². The van der Waals surface area contributed by atoms with Gasteiger partial charge in [-0.3, -0.25) is 9.97 Å². The standard InChI is InChI=1S/C40H42B2N2O4/c1-37(2)38(3,4)46-41(45-37)35-21-31(19-33(23-35)29-14-10-16-43-25-29)27-12-9-13-28(18-27)32-20-34(30-15-11-17-44-26-30)24-36(22-32)42-47-39(5,6)40(7,8)48-42/h9-26H,1-8H3. The van der Waals surface area contributed by atoms with E-state index in [4.69, 9.17) is 18.6 Å². The van der Waals surface area contributed by atoms with E-state index < -0.39 is 36.6 Å². The van der Waals surface area contributed by atoms with Crippen molar-refractivity contribution >= 4 is 25.2 Å². The topological polar surface area (TPSA) is 62.7 Å². The van der Waals surface area contributed by atoms with Crippen molar-refractivity contribution < 1.29 is 18.6 Å². The summed E-state index contributed by atoms with van der Waals surface area (Å²) in [6.45, 7) is 16.7. The van der Waals surface area contributed by atoms with E-state index in [0.717, 1.165) is 55.4 Å². The highest BCUT2D eigenvalue weighted by Gasteiger charge is 2.53. The SMILES string of the molecule is CC1(C)OB(c2cc(-c3cccnc3)cc(-c3cccc(-c4cc(B5OC(C)(C)C(C)(C)O5)cc(-c5cccnc5)c4)c3)c2)OC1(C)C. The molecule has 2 aromatic heterocycles. The predicted molar refractivity (Wildman–Crippen MR) is 195 cm³/mol. The number of benzene rings is 3. The summed E-state index contributed by atoms with van der Waals surface area (Å²) in [5, 5.41) is 0. The molecule has 2 fully saturated rings. The van der Waals surface area contributed by atoms with Crippen molar-refractivity contribution in [3.63, 3.8) is 0 Å².